The molecule has 0 saturated carbocycles. The third-order valence-corrected chi connectivity index (χ3v) is 4.28. The zero-order valence-electron chi connectivity index (χ0n) is 17.6. The van der Waals surface area contributed by atoms with Gasteiger partial charge in [-0.25, -0.2) is 9.59 Å². The predicted molar refractivity (Wildman–Crippen MR) is 112 cm³/mol. The van der Waals surface area contributed by atoms with Crippen molar-refractivity contribution >= 4 is 23.9 Å². The number of aliphatic imine (C=N–C) groups is 1. The Kier molecular flexibility index (Phi) is 11.4. The van der Waals surface area contributed by atoms with Crippen molar-refractivity contribution in [3.63, 3.8) is 0 Å². The molecular formula is C17H31N9O6. The standard InChI is InChI=1S/C17H31N9O6/c18-6-2-1-4-10(14-25-13(26-32-14)9(19)8-12(27)28)23-17(31)24-11(15(29)30)5-3-7-22-16(20)21/h9-11H,1-8,18-19H2,(H,27,28)(H,29,30)(H4,20,21,22)(H2,23,24,31)/t9-,10-,11-/m0/s1. The molecule has 0 aliphatic heterocycles. The zero-order chi connectivity index (χ0) is 24.1. The van der Waals surface area contributed by atoms with E-state index in [1.807, 2.05) is 0 Å². The Bertz CT molecular complexity index is 780. The maximum absolute atomic E-state index is 12.4. The van der Waals surface area contributed by atoms with Gasteiger partial charge in [0.25, 0.3) is 0 Å². The van der Waals surface area contributed by atoms with Crippen LogP contribution in [0.5, 0.6) is 0 Å². The number of guanidine groups is 1. The molecule has 1 rings (SSSR count). The van der Waals surface area contributed by atoms with Crippen molar-refractivity contribution in [1.82, 2.24) is 20.8 Å². The Hall–Kier alpha value is -3.46. The summed E-state index contributed by atoms with van der Waals surface area (Å²) in [4.78, 5) is 42.6. The third-order valence-electron chi connectivity index (χ3n) is 4.28. The molecule has 0 aliphatic carbocycles. The number of carboxylic acids is 2. The van der Waals surface area contributed by atoms with Gasteiger partial charge in [-0.2, -0.15) is 4.98 Å². The number of amides is 2. The maximum Gasteiger partial charge on any atom is 0.326 e. The van der Waals surface area contributed by atoms with Gasteiger partial charge in [0.15, 0.2) is 11.8 Å². The van der Waals surface area contributed by atoms with E-state index in [9.17, 15) is 19.5 Å². The molecule has 0 aromatic carbocycles. The Balaban J connectivity index is 2.81. The molecule has 1 heterocycles. The SMILES string of the molecule is NCCCC[C@H](NC(=O)N[C@@H](CCCN=C(N)N)C(=O)O)c1nc([C@@H](N)CC(=O)O)no1. The van der Waals surface area contributed by atoms with Crippen molar-refractivity contribution in [1.29, 1.82) is 0 Å². The summed E-state index contributed by atoms with van der Waals surface area (Å²) in [5.41, 5.74) is 21.7. The number of nitrogens with two attached hydrogens (primary N) is 4. The fraction of sp³-hybridized carbons (Fsp3) is 0.647. The Morgan fingerprint density at radius 3 is 2.41 bits per heavy atom. The fourth-order valence-corrected chi connectivity index (χ4v) is 2.69. The van der Waals surface area contributed by atoms with E-state index >= 15 is 0 Å². The van der Waals surface area contributed by atoms with Gasteiger partial charge in [-0.1, -0.05) is 5.16 Å². The van der Waals surface area contributed by atoms with Crippen LogP contribution in [-0.4, -0.2) is 63.4 Å². The van der Waals surface area contributed by atoms with E-state index in [1.165, 1.54) is 0 Å². The first kappa shape index (κ1) is 26.6. The van der Waals surface area contributed by atoms with Gasteiger partial charge in [-0.15, -0.1) is 0 Å². The largest absolute Gasteiger partial charge is 0.481 e. The third kappa shape index (κ3) is 10.0. The number of carbonyl (C=O) groups excluding carboxylic acids is 1. The average molecular weight is 457 g/mol. The summed E-state index contributed by atoms with van der Waals surface area (Å²) in [6.07, 6.45) is 1.70. The lowest BCUT2D eigenvalue weighted by atomic mass is 10.1. The normalized spacial score (nSPS) is 13.6. The number of hydrogen-bond donors (Lipinski definition) is 8. The molecule has 1 aromatic rings. The van der Waals surface area contributed by atoms with Crippen LogP contribution in [0.1, 0.15) is 62.3 Å². The van der Waals surface area contributed by atoms with Gasteiger partial charge in [0.2, 0.25) is 5.89 Å². The number of carbonyl (C=O) groups is 3. The number of rotatable bonds is 15. The van der Waals surface area contributed by atoms with E-state index in [-0.39, 0.29) is 30.6 Å². The molecule has 1 aromatic heterocycles. The van der Waals surface area contributed by atoms with Crippen molar-refractivity contribution in [3.05, 3.63) is 11.7 Å². The summed E-state index contributed by atoms with van der Waals surface area (Å²) in [6.45, 7) is 0.660. The number of aromatic nitrogens is 2. The minimum atomic E-state index is -1.22. The maximum atomic E-state index is 12.4. The lowest BCUT2D eigenvalue weighted by molar-refractivity contribution is -0.139. The highest BCUT2D eigenvalue weighted by molar-refractivity contribution is 5.82. The second-order valence-electron chi connectivity index (χ2n) is 6.99. The van der Waals surface area contributed by atoms with Crippen molar-refractivity contribution < 1.29 is 29.1 Å². The first-order valence-electron chi connectivity index (χ1n) is 10.00. The van der Waals surface area contributed by atoms with E-state index in [1.54, 1.807) is 0 Å². The average Bonchev–Trinajstić information content (AvgIpc) is 3.19. The van der Waals surface area contributed by atoms with E-state index in [4.69, 9.17) is 32.6 Å². The highest BCUT2D eigenvalue weighted by Crippen LogP contribution is 2.20. The van der Waals surface area contributed by atoms with Crippen LogP contribution in [-0.2, 0) is 9.59 Å². The molecule has 0 bridgehead atoms. The zero-order valence-corrected chi connectivity index (χ0v) is 17.6. The number of urea groups is 1. The molecule has 12 N–H and O–H groups in total. The molecular weight excluding hydrogens is 426 g/mol. The lowest BCUT2D eigenvalue weighted by Gasteiger charge is -2.19. The molecule has 0 saturated heterocycles. The van der Waals surface area contributed by atoms with Crippen LogP contribution >= 0.6 is 0 Å². The number of nitrogens with one attached hydrogen (secondary N) is 2. The summed E-state index contributed by atoms with van der Waals surface area (Å²) in [6, 6.07) is -3.66. The van der Waals surface area contributed by atoms with Crippen LogP contribution in [0.4, 0.5) is 4.79 Å². The number of hydrogen-bond acceptors (Lipinski definition) is 9. The molecule has 2 amide bonds. The van der Waals surface area contributed by atoms with Gasteiger partial charge in [-0.05, 0) is 38.6 Å². The molecule has 0 aliphatic rings. The smallest absolute Gasteiger partial charge is 0.326 e. The van der Waals surface area contributed by atoms with Crippen molar-refractivity contribution in [3.8, 4) is 0 Å². The van der Waals surface area contributed by atoms with Crippen LogP contribution < -0.4 is 33.6 Å². The molecule has 15 heteroatoms. The van der Waals surface area contributed by atoms with Gasteiger partial charge in [0, 0.05) is 6.54 Å². The van der Waals surface area contributed by atoms with E-state index in [0.717, 1.165) is 0 Å². The number of aliphatic carboxylic acids is 2. The molecule has 0 fully saturated rings. The van der Waals surface area contributed by atoms with Gasteiger partial charge < -0.3 is 48.3 Å². The topological polar surface area (TPSA) is 271 Å². The molecule has 180 valence electrons. The minimum absolute atomic E-state index is 0.0171. The van der Waals surface area contributed by atoms with Crippen molar-refractivity contribution in [2.45, 2.75) is 56.7 Å². The van der Waals surface area contributed by atoms with Crippen LogP contribution in [0.15, 0.2) is 9.52 Å². The van der Waals surface area contributed by atoms with E-state index < -0.39 is 42.5 Å². The highest BCUT2D eigenvalue weighted by atomic mass is 16.5. The second-order valence-corrected chi connectivity index (χ2v) is 6.99. The summed E-state index contributed by atoms with van der Waals surface area (Å²) in [5, 5.41) is 26.9. The van der Waals surface area contributed by atoms with Crippen LogP contribution in [0, 0.1) is 0 Å². The molecule has 0 unspecified atom stereocenters. The Labute approximate surface area is 184 Å². The van der Waals surface area contributed by atoms with Crippen molar-refractivity contribution in [2.75, 3.05) is 13.1 Å². The predicted octanol–water partition coefficient (Wildman–Crippen LogP) is -1.48. The number of nitrogens with zero attached hydrogens (tertiary/aromatic N) is 3. The van der Waals surface area contributed by atoms with Gasteiger partial charge in [0.1, 0.15) is 12.1 Å². The molecule has 0 spiro atoms. The molecule has 0 radical (unpaired) electrons. The van der Waals surface area contributed by atoms with E-state index in [0.29, 0.717) is 32.2 Å². The van der Waals surface area contributed by atoms with Gasteiger partial charge in [-0.3, -0.25) is 9.79 Å². The van der Waals surface area contributed by atoms with Crippen molar-refractivity contribution in [2.24, 2.45) is 27.9 Å². The quantitative estimate of drug-likeness (QED) is 0.0850. The van der Waals surface area contributed by atoms with Crippen LogP contribution in [0.3, 0.4) is 0 Å². The fourth-order valence-electron chi connectivity index (χ4n) is 2.69. The van der Waals surface area contributed by atoms with Gasteiger partial charge in [0.05, 0.1) is 12.5 Å². The lowest BCUT2D eigenvalue weighted by Crippen LogP contribution is -2.47. The summed E-state index contributed by atoms with van der Waals surface area (Å²) in [5.74, 6) is -2.45. The Morgan fingerprint density at radius 1 is 1.09 bits per heavy atom. The summed E-state index contributed by atoms with van der Waals surface area (Å²) >= 11 is 0. The number of carboxylic acid groups (broad SMARTS) is 2. The van der Waals surface area contributed by atoms with Crippen LogP contribution in [0.25, 0.3) is 0 Å². The molecule has 32 heavy (non-hydrogen) atoms. The van der Waals surface area contributed by atoms with E-state index in [2.05, 4.69) is 25.8 Å². The molecule has 15 nitrogen and oxygen atoms in total. The molecule has 3 atom stereocenters. The number of unbranched alkanes of at least 4 members (excludes halogenated alkanes) is 1. The highest BCUT2D eigenvalue weighted by Gasteiger charge is 2.26. The minimum Gasteiger partial charge on any atom is -0.481 e. The second kappa shape index (κ2) is 13.8. The summed E-state index contributed by atoms with van der Waals surface area (Å²) < 4.78 is 5.15. The Morgan fingerprint density at radius 2 is 1.81 bits per heavy atom. The van der Waals surface area contributed by atoms with Crippen LogP contribution in [0.2, 0.25) is 0 Å². The summed E-state index contributed by atoms with van der Waals surface area (Å²) in [7, 11) is 0. The monoisotopic (exact) mass is 457 g/mol. The first-order chi connectivity index (χ1) is 15.1. The van der Waals surface area contributed by atoms with Gasteiger partial charge >= 0.3 is 18.0 Å². The first-order valence-corrected chi connectivity index (χ1v) is 10.00.